The van der Waals surface area contributed by atoms with Crippen LogP contribution in [0.1, 0.15) is 43.2 Å². The lowest BCUT2D eigenvalue weighted by atomic mass is 9.96. The maximum absolute atomic E-state index is 12.8. The van der Waals surface area contributed by atoms with Gasteiger partial charge >= 0.3 is 6.03 Å². The van der Waals surface area contributed by atoms with E-state index in [-0.39, 0.29) is 17.0 Å². The number of rotatable bonds is 4. The van der Waals surface area contributed by atoms with Crippen molar-refractivity contribution in [2.45, 2.75) is 49.5 Å². The summed E-state index contributed by atoms with van der Waals surface area (Å²) in [5, 5.41) is 12.1. The summed E-state index contributed by atoms with van der Waals surface area (Å²) in [7, 11) is -3.80. The van der Waals surface area contributed by atoms with Gasteiger partial charge in [0.25, 0.3) is 10.0 Å². The fourth-order valence-electron chi connectivity index (χ4n) is 4.12. The molecule has 2 aliphatic rings. The van der Waals surface area contributed by atoms with Crippen molar-refractivity contribution in [3.05, 3.63) is 53.6 Å². The predicted molar refractivity (Wildman–Crippen MR) is 115 cm³/mol. The molecule has 156 valence electrons. The van der Waals surface area contributed by atoms with Crippen molar-refractivity contribution >= 4 is 27.4 Å². The number of anilines is 2. The molecular formula is C22H24N4O3S. The standard InChI is InChI=1S/C22H24N4O3S/c23-15-16-5-4-8-19(13-16)25-30(28,29)20-9-10-21-17(14-20)11-12-26(21)22(27)24-18-6-2-1-3-7-18/h4-5,8-10,13-14,18,25H,1-3,6-7,11-12H2,(H,24,27). The minimum Gasteiger partial charge on any atom is -0.335 e. The second-order valence-electron chi connectivity index (χ2n) is 7.77. The molecule has 2 amide bonds. The molecule has 2 N–H and O–H groups in total. The Morgan fingerprint density at radius 2 is 1.90 bits per heavy atom. The number of nitriles is 1. The number of carbonyl (C=O) groups is 1. The number of benzene rings is 2. The van der Waals surface area contributed by atoms with E-state index in [1.54, 1.807) is 35.2 Å². The lowest BCUT2D eigenvalue weighted by Gasteiger charge is -2.26. The van der Waals surface area contributed by atoms with Crippen LogP contribution in [0, 0.1) is 11.3 Å². The normalized spacial score (nSPS) is 16.6. The number of nitrogens with zero attached hydrogens (tertiary/aromatic N) is 2. The Kier molecular flexibility index (Phi) is 5.64. The number of amides is 2. The van der Waals surface area contributed by atoms with Crippen molar-refractivity contribution in [1.82, 2.24) is 5.32 Å². The molecule has 2 aromatic carbocycles. The molecular weight excluding hydrogens is 400 g/mol. The van der Waals surface area contributed by atoms with Crippen LogP contribution in [0.2, 0.25) is 0 Å². The Hall–Kier alpha value is -3.05. The van der Waals surface area contributed by atoms with E-state index in [9.17, 15) is 13.2 Å². The Morgan fingerprint density at radius 1 is 1.10 bits per heavy atom. The summed E-state index contributed by atoms with van der Waals surface area (Å²) in [5.74, 6) is 0. The van der Waals surface area contributed by atoms with Crippen LogP contribution in [0.25, 0.3) is 0 Å². The van der Waals surface area contributed by atoms with E-state index in [0.717, 1.165) is 36.9 Å². The number of hydrogen-bond acceptors (Lipinski definition) is 4. The van der Waals surface area contributed by atoms with Gasteiger partial charge in [-0.1, -0.05) is 25.3 Å². The molecule has 0 radical (unpaired) electrons. The lowest BCUT2D eigenvalue weighted by molar-refractivity contribution is 0.238. The number of fused-ring (bicyclic) bond motifs is 1. The summed E-state index contributed by atoms with van der Waals surface area (Å²) in [6.45, 7) is 0.537. The van der Waals surface area contributed by atoms with Gasteiger partial charge in [-0.25, -0.2) is 13.2 Å². The molecule has 0 aromatic heterocycles. The van der Waals surface area contributed by atoms with Gasteiger partial charge < -0.3 is 5.32 Å². The van der Waals surface area contributed by atoms with Crippen LogP contribution in [0.4, 0.5) is 16.2 Å². The zero-order valence-corrected chi connectivity index (χ0v) is 17.4. The first-order valence-electron chi connectivity index (χ1n) is 10.2. The van der Waals surface area contributed by atoms with Crippen molar-refractivity contribution < 1.29 is 13.2 Å². The third-order valence-electron chi connectivity index (χ3n) is 5.68. The van der Waals surface area contributed by atoms with E-state index in [1.807, 2.05) is 6.07 Å². The van der Waals surface area contributed by atoms with Crippen LogP contribution in [0.15, 0.2) is 47.4 Å². The van der Waals surface area contributed by atoms with Gasteiger partial charge in [-0.2, -0.15) is 5.26 Å². The van der Waals surface area contributed by atoms with Crippen LogP contribution in [0.5, 0.6) is 0 Å². The van der Waals surface area contributed by atoms with E-state index >= 15 is 0 Å². The molecule has 0 saturated heterocycles. The monoisotopic (exact) mass is 424 g/mol. The molecule has 0 unspecified atom stereocenters. The van der Waals surface area contributed by atoms with Gasteiger partial charge in [0, 0.05) is 18.3 Å². The quantitative estimate of drug-likeness (QED) is 0.780. The third kappa shape index (κ3) is 4.26. The lowest BCUT2D eigenvalue weighted by Crippen LogP contribution is -2.45. The highest BCUT2D eigenvalue weighted by atomic mass is 32.2. The predicted octanol–water partition coefficient (Wildman–Crippen LogP) is 3.76. The van der Waals surface area contributed by atoms with E-state index in [1.165, 1.54) is 18.6 Å². The first kappa shape index (κ1) is 20.2. The van der Waals surface area contributed by atoms with Crippen LogP contribution >= 0.6 is 0 Å². The summed E-state index contributed by atoms with van der Waals surface area (Å²) < 4.78 is 28.1. The summed E-state index contributed by atoms with van der Waals surface area (Å²) in [6.07, 6.45) is 6.16. The molecule has 0 atom stereocenters. The Balaban J connectivity index is 1.50. The largest absolute Gasteiger partial charge is 0.335 e. The molecule has 0 spiro atoms. The molecule has 1 fully saturated rings. The number of nitrogens with one attached hydrogen (secondary N) is 2. The molecule has 7 nitrogen and oxygen atoms in total. The van der Waals surface area contributed by atoms with Gasteiger partial charge in [-0.15, -0.1) is 0 Å². The van der Waals surface area contributed by atoms with Crippen molar-refractivity contribution in [1.29, 1.82) is 5.26 Å². The number of sulfonamides is 1. The molecule has 1 aliphatic heterocycles. The first-order chi connectivity index (χ1) is 14.5. The number of carbonyl (C=O) groups excluding carboxylic acids is 1. The van der Waals surface area contributed by atoms with Gasteiger partial charge in [0.15, 0.2) is 0 Å². The SMILES string of the molecule is N#Cc1cccc(NS(=O)(=O)c2ccc3c(c2)CCN3C(=O)NC2CCCCC2)c1. The van der Waals surface area contributed by atoms with E-state index < -0.39 is 10.0 Å². The van der Waals surface area contributed by atoms with Crippen molar-refractivity contribution in [2.75, 3.05) is 16.2 Å². The zero-order chi connectivity index (χ0) is 21.1. The summed E-state index contributed by atoms with van der Waals surface area (Å²) in [5.41, 5.74) is 2.31. The van der Waals surface area contributed by atoms with Gasteiger partial charge in [0.1, 0.15) is 0 Å². The van der Waals surface area contributed by atoms with Gasteiger partial charge in [-0.05, 0) is 61.2 Å². The average molecular weight is 425 g/mol. The summed E-state index contributed by atoms with van der Waals surface area (Å²) >= 11 is 0. The average Bonchev–Trinajstić information content (AvgIpc) is 3.18. The smallest absolute Gasteiger partial charge is 0.322 e. The fourth-order valence-corrected chi connectivity index (χ4v) is 5.22. The van der Waals surface area contributed by atoms with Crippen LogP contribution < -0.4 is 14.9 Å². The van der Waals surface area contributed by atoms with Gasteiger partial charge in [0.2, 0.25) is 0 Å². The molecule has 1 aliphatic carbocycles. The Bertz CT molecular complexity index is 1100. The molecule has 1 saturated carbocycles. The molecule has 8 heteroatoms. The van der Waals surface area contributed by atoms with Crippen LogP contribution in [0.3, 0.4) is 0 Å². The molecule has 4 rings (SSSR count). The topological polar surface area (TPSA) is 102 Å². The Morgan fingerprint density at radius 3 is 2.67 bits per heavy atom. The Labute approximate surface area is 176 Å². The third-order valence-corrected chi connectivity index (χ3v) is 7.06. The van der Waals surface area contributed by atoms with Crippen molar-refractivity contribution in [3.8, 4) is 6.07 Å². The maximum atomic E-state index is 12.8. The first-order valence-corrected chi connectivity index (χ1v) is 11.7. The maximum Gasteiger partial charge on any atom is 0.322 e. The summed E-state index contributed by atoms with van der Waals surface area (Å²) in [6, 6.07) is 13.3. The minimum atomic E-state index is -3.80. The molecule has 2 aromatic rings. The van der Waals surface area contributed by atoms with Gasteiger partial charge in [0.05, 0.1) is 22.2 Å². The fraction of sp³-hybridized carbons (Fsp3) is 0.364. The number of urea groups is 1. The molecule has 0 bridgehead atoms. The molecule has 1 heterocycles. The highest BCUT2D eigenvalue weighted by Crippen LogP contribution is 2.31. The highest BCUT2D eigenvalue weighted by molar-refractivity contribution is 7.92. The molecule has 30 heavy (non-hydrogen) atoms. The van der Waals surface area contributed by atoms with E-state index in [2.05, 4.69) is 10.0 Å². The van der Waals surface area contributed by atoms with E-state index in [4.69, 9.17) is 5.26 Å². The number of hydrogen-bond donors (Lipinski definition) is 2. The van der Waals surface area contributed by atoms with Crippen molar-refractivity contribution in [2.24, 2.45) is 0 Å². The zero-order valence-electron chi connectivity index (χ0n) is 16.6. The second-order valence-corrected chi connectivity index (χ2v) is 9.46. The summed E-state index contributed by atoms with van der Waals surface area (Å²) in [4.78, 5) is 14.6. The second kappa shape index (κ2) is 8.36. The minimum absolute atomic E-state index is 0.109. The van der Waals surface area contributed by atoms with Gasteiger partial charge in [-0.3, -0.25) is 9.62 Å². The van der Waals surface area contributed by atoms with Crippen LogP contribution in [-0.2, 0) is 16.4 Å². The highest BCUT2D eigenvalue weighted by Gasteiger charge is 2.28. The van der Waals surface area contributed by atoms with Crippen molar-refractivity contribution in [3.63, 3.8) is 0 Å². The van der Waals surface area contributed by atoms with E-state index in [0.29, 0.717) is 24.2 Å². The van der Waals surface area contributed by atoms with Crippen LogP contribution in [-0.4, -0.2) is 27.0 Å².